The number of rotatable bonds is 7. The molecule has 0 atom stereocenters. The summed E-state index contributed by atoms with van der Waals surface area (Å²) in [5.41, 5.74) is 2.28. The highest BCUT2D eigenvalue weighted by Crippen LogP contribution is 2.04. The van der Waals surface area contributed by atoms with E-state index in [9.17, 15) is 4.79 Å². The highest BCUT2D eigenvalue weighted by Gasteiger charge is 2.09. The predicted octanol–water partition coefficient (Wildman–Crippen LogP) is 2.22. The standard InChI is InChI=1S/C17H21N3O/c1-2-20(13-16-6-4-3-5-7-16)14-17(21)19-12-15-8-10-18-11-9-15/h3-11H,2,12-14H2,1H3,(H,19,21). The van der Waals surface area contributed by atoms with E-state index >= 15 is 0 Å². The molecule has 0 fully saturated rings. The maximum Gasteiger partial charge on any atom is 0.234 e. The number of hydrogen-bond acceptors (Lipinski definition) is 3. The van der Waals surface area contributed by atoms with E-state index in [1.54, 1.807) is 12.4 Å². The minimum absolute atomic E-state index is 0.0459. The summed E-state index contributed by atoms with van der Waals surface area (Å²) in [6.07, 6.45) is 3.46. The molecule has 21 heavy (non-hydrogen) atoms. The maximum atomic E-state index is 12.0. The molecule has 4 nitrogen and oxygen atoms in total. The molecular formula is C17H21N3O. The third-order valence-electron chi connectivity index (χ3n) is 3.30. The van der Waals surface area contributed by atoms with Crippen molar-refractivity contribution < 1.29 is 4.79 Å². The van der Waals surface area contributed by atoms with Crippen molar-refractivity contribution in [2.24, 2.45) is 0 Å². The topological polar surface area (TPSA) is 45.2 Å². The second-order valence-corrected chi connectivity index (χ2v) is 4.92. The third-order valence-corrected chi connectivity index (χ3v) is 3.30. The van der Waals surface area contributed by atoms with Crippen LogP contribution < -0.4 is 5.32 Å². The molecule has 2 aromatic rings. The van der Waals surface area contributed by atoms with Crippen LogP contribution in [0.3, 0.4) is 0 Å². The second-order valence-electron chi connectivity index (χ2n) is 4.92. The zero-order valence-corrected chi connectivity index (χ0v) is 12.3. The van der Waals surface area contributed by atoms with Crippen molar-refractivity contribution >= 4 is 5.91 Å². The summed E-state index contributed by atoms with van der Waals surface area (Å²) in [4.78, 5) is 18.1. The summed E-state index contributed by atoms with van der Waals surface area (Å²) in [5.74, 6) is 0.0459. The first-order valence-electron chi connectivity index (χ1n) is 7.20. The van der Waals surface area contributed by atoms with Crippen LogP contribution in [0.25, 0.3) is 0 Å². The Labute approximate surface area is 125 Å². The van der Waals surface area contributed by atoms with E-state index in [0.717, 1.165) is 18.7 Å². The van der Waals surface area contributed by atoms with Crippen LogP contribution in [-0.4, -0.2) is 28.9 Å². The van der Waals surface area contributed by atoms with E-state index in [1.807, 2.05) is 30.3 Å². The Morgan fingerprint density at radius 2 is 1.81 bits per heavy atom. The summed E-state index contributed by atoms with van der Waals surface area (Å²) >= 11 is 0. The summed E-state index contributed by atoms with van der Waals surface area (Å²) in [6.45, 7) is 4.66. The van der Waals surface area contributed by atoms with E-state index in [4.69, 9.17) is 0 Å². The van der Waals surface area contributed by atoms with Gasteiger partial charge in [0.25, 0.3) is 0 Å². The summed E-state index contributed by atoms with van der Waals surface area (Å²) < 4.78 is 0. The Morgan fingerprint density at radius 3 is 2.48 bits per heavy atom. The molecule has 0 aliphatic carbocycles. The number of aromatic nitrogens is 1. The number of benzene rings is 1. The van der Waals surface area contributed by atoms with Gasteiger partial charge in [-0.2, -0.15) is 0 Å². The average molecular weight is 283 g/mol. The summed E-state index contributed by atoms with van der Waals surface area (Å²) in [7, 11) is 0. The molecule has 2 rings (SSSR count). The molecule has 4 heteroatoms. The molecular weight excluding hydrogens is 262 g/mol. The van der Waals surface area contributed by atoms with Gasteiger partial charge in [0.1, 0.15) is 0 Å². The van der Waals surface area contributed by atoms with E-state index in [-0.39, 0.29) is 5.91 Å². The molecule has 110 valence electrons. The molecule has 0 unspecified atom stereocenters. The normalized spacial score (nSPS) is 10.6. The zero-order valence-electron chi connectivity index (χ0n) is 12.3. The number of carbonyl (C=O) groups excluding carboxylic acids is 1. The number of hydrogen-bond donors (Lipinski definition) is 1. The van der Waals surface area contributed by atoms with Gasteiger partial charge in [-0.1, -0.05) is 37.3 Å². The monoisotopic (exact) mass is 283 g/mol. The number of nitrogens with zero attached hydrogens (tertiary/aromatic N) is 2. The van der Waals surface area contributed by atoms with Gasteiger partial charge in [-0.25, -0.2) is 0 Å². The summed E-state index contributed by atoms with van der Waals surface area (Å²) in [6, 6.07) is 14.0. The minimum Gasteiger partial charge on any atom is -0.351 e. The van der Waals surface area contributed by atoms with Crippen LogP contribution in [0.1, 0.15) is 18.1 Å². The molecule has 0 aliphatic heterocycles. The van der Waals surface area contributed by atoms with Gasteiger partial charge in [-0.05, 0) is 29.8 Å². The average Bonchev–Trinajstić information content (AvgIpc) is 2.54. The van der Waals surface area contributed by atoms with Crippen molar-refractivity contribution in [1.82, 2.24) is 15.2 Å². The number of carbonyl (C=O) groups is 1. The van der Waals surface area contributed by atoms with Crippen molar-refractivity contribution in [2.75, 3.05) is 13.1 Å². The van der Waals surface area contributed by atoms with Gasteiger partial charge in [-0.15, -0.1) is 0 Å². The van der Waals surface area contributed by atoms with Crippen LogP contribution in [0.5, 0.6) is 0 Å². The molecule has 0 aliphatic rings. The van der Waals surface area contributed by atoms with Crippen molar-refractivity contribution in [1.29, 1.82) is 0 Å². The lowest BCUT2D eigenvalue weighted by Gasteiger charge is -2.20. The van der Waals surface area contributed by atoms with Gasteiger partial charge >= 0.3 is 0 Å². The van der Waals surface area contributed by atoms with Crippen molar-refractivity contribution in [2.45, 2.75) is 20.0 Å². The number of pyridine rings is 1. The molecule has 0 spiro atoms. The SMILES string of the molecule is CCN(CC(=O)NCc1ccncc1)Cc1ccccc1. The maximum absolute atomic E-state index is 12.0. The van der Waals surface area contributed by atoms with E-state index in [2.05, 4.69) is 34.3 Å². The Morgan fingerprint density at radius 1 is 1.10 bits per heavy atom. The molecule has 0 saturated heterocycles. The van der Waals surface area contributed by atoms with Crippen LogP contribution >= 0.6 is 0 Å². The van der Waals surface area contributed by atoms with Gasteiger partial charge in [0, 0.05) is 25.5 Å². The lowest BCUT2D eigenvalue weighted by molar-refractivity contribution is -0.122. The Hall–Kier alpha value is -2.20. The highest BCUT2D eigenvalue weighted by atomic mass is 16.2. The largest absolute Gasteiger partial charge is 0.351 e. The second kappa shape index (κ2) is 8.17. The summed E-state index contributed by atoms with van der Waals surface area (Å²) in [5, 5.41) is 2.94. The Kier molecular flexibility index (Phi) is 5.91. The molecule has 1 amide bonds. The van der Waals surface area contributed by atoms with Gasteiger partial charge < -0.3 is 5.32 Å². The highest BCUT2D eigenvalue weighted by molar-refractivity contribution is 5.78. The fourth-order valence-corrected chi connectivity index (χ4v) is 2.08. The first kappa shape index (κ1) is 15.2. The number of amides is 1. The van der Waals surface area contributed by atoms with Crippen molar-refractivity contribution in [3.8, 4) is 0 Å². The van der Waals surface area contributed by atoms with Gasteiger partial charge in [-0.3, -0.25) is 14.7 Å². The van der Waals surface area contributed by atoms with Crippen LogP contribution in [0, 0.1) is 0 Å². The quantitative estimate of drug-likeness (QED) is 0.847. The molecule has 0 saturated carbocycles. The van der Waals surface area contributed by atoms with Crippen molar-refractivity contribution in [3.63, 3.8) is 0 Å². The van der Waals surface area contributed by atoms with Crippen LogP contribution in [0.2, 0.25) is 0 Å². The number of likely N-dealkylation sites (N-methyl/N-ethyl adjacent to an activating group) is 1. The fraction of sp³-hybridized carbons (Fsp3) is 0.294. The zero-order chi connectivity index (χ0) is 14.9. The van der Waals surface area contributed by atoms with Gasteiger partial charge in [0.15, 0.2) is 0 Å². The molecule has 1 aromatic carbocycles. The fourth-order valence-electron chi connectivity index (χ4n) is 2.08. The van der Waals surface area contributed by atoms with Crippen LogP contribution in [0.4, 0.5) is 0 Å². The Balaban J connectivity index is 1.80. The van der Waals surface area contributed by atoms with Crippen molar-refractivity contribution in [3.05, 3.63) is 66.0 Å². The first-order valence-corrected chi connectivity index (χ1v) is 7.20. The first-order chi connectivity index (χ1) is 10.3. The molecule has 1 heterocycles. The lowest BCUT2D eigenvalue weighted by atomic mass is 10.2. The Bertz CT molecular complexity index is 542. The van der Waals surface area contributed by atoms with E-state index < -0.39 is 0 Å². The van der Waals surface area contributed by atoms with E-state index in [0.29, 0.717) is 13.1 Å². The predicted molar refractivity (Wildman–Crippen MR) is 83.5 cm³/mol. The number of nitrogens with one attached hydrogen (secondary N) is 1. The smallest absolute Gasteiger partial charge is 0.234 e. The van der Waals surface area contributed by atoms with Gasteiger partial charge in [0.2, 0.25) is 5.91 Å². The lowest BCUT2D eigenvalue weighted by Crippen LogP contribution is -2.36. The van der Waals surface area contributed by atoms with E-state index in [1.165, 1.54) is 5.56 Å². The third kappa shape index (κ3) is 5.36. The minimum atomic E-state index is 0.0459. The molecule has 1 aromatic heterocycles. The molecule has 1 N–H and O–H groups in total. The molecule has 0 radical (unpaired) electrons. The van der Waals surface area contributed by atoms with Crippen LogP contribution in [0.15, 0.2) is 54.9 Å². The van der Waals surface area contributed by atoms with Gasteiger partial charge in [0.05, 0.1) is 6.54 Å². The van der Waals surface area contributed by atoms with Crippen LogP contribution in [-0.2, 0) is 17.9 Å². The molecule has 0 bridgehead atoms.